The average Bonchev–Trinajstić information content (AvgIpc) is 3.36. The number of nitrogens with one attached hydrogen (secondary N) is 3. The summed E-state index contributed by atoms with van der Waals surface area (Å²) in [5.74, 6) is -3.03. The molecule has 2 aromatic rings. The number of carboxylic acid groups (broad SMARTS) is 1. The molecule has 0 aliphatic carbocycles. The number of thioether (sulfide) groups is 2. The van der Waals surface area contributed by atoms with Crippen molar-refractivity contribution in [2.24, 2.45) is 5.16 Å². The molecule has 4 rings (SSSR count). The maximum Gasteiger partial charge on any atom is 0.352 e. The standard InChI is InChI=1S/C22H23N9O8S3/c1-8(24-9(2)32)30-18(36)16(34)27-28-22(30)40-5-4-10-6-41-19-13(17(35)31(19)14(10)20(37)38)26-15(33)12(29-39-3)11-7-42-21(23)25-11/h4-5,7-8,13,19H,6H2,1-3H3,(H2,23,25)(H,24,32)(H,26,33)(H,27,34)(H,37,38)/b5-4+,29-12-. The van der Waals surface area contributed by atoms with Gasteiger partial charge in [0.1, 0.15) is 36.1 Å². The smallest absolute Gasteiger partial charge is 0.352 e. The van der Waals surface area contributed by atoms with Crippen molar-refractivity contribution in [2.75, 3.05) is 18.6 Å². The zero-order valence-electron chi connectivity index (χ0n) is 22.0. The molecule has 1 saturated heterocycles. The van der Waals surface area contributed by atoms with Crippen LogP contribution in [0.2, 0.25) is 0 Å². The Morgan fingerprint density at radius 1 is 1.36 bits per heavy atom. The van der Waals surface area contributed by atoms with E-state index >= 15 is 0 Å². The maximum atomic E-state index is 13.0. The Balaban J connectivity index is 1.53. The van der Waals surface area contributed by atoms with Crippen LogP contribution in [0, 0.1) is 0 Å². The number of nitrogens with two attached hydrogens (primary N) is 1. The van der Waals surface area contributed by atoms with Gasteiger partial charge in [0.25, 0.3) is 11.8 Å². The molecule has 0 saturated carbocycles. The summed E-state index contributed by atoms with van der Waals surface area (Å²) >= 11 is 3.19. The van der Waals surface area contributed by atoms with Gasteiger partial charge in [-0.05, 0) is 24.0 Å². The number of aliphatic carboxylic acids is 1. The summed E-state index contributed by atoms with van der Waals surface area (Å²) in [5.41, 5.74) is 3.66. The van der Waals surface area contributed by atoms with Crippen molar-refractivity contribution < 1.29 is 29.1 Å². The van der Waals surface area contributed by atoms with E-state index < -0.39 is 52.4 Å². The molecule has 42 heavy (non-hydrogen) atoms. The van der Waals surface area contributed by atoms with Crippen LogP contribution in [0.3, 0.4) is 0 Å². The molecule has 4 heterocycles. The third kappa shape index (κ3) is 6.09. The molecule has 3 unspecified atom stereocenters. The SMILES string of the molecule is CO/N=C(\C(=O)NC1C(=O)N2C(C(=O)O)=C(/C=C/Sc3n[nH]c(=O)c(=O)n3C(C)NC(C)=O)CSC12)c1csc(N)n1. The lowest BCUT2D eigenvalue weighted by Gasteiger charge is -2.49. The van der Waals surface area contributed by atoms with E-state index in [2.05, 4.69) is 31.0 Å². The number of β-lactam (4-membered cyclic amide) rings is 1. The van der Waals surface area contributed by atoms with E-state index in [1.165, 1.54) is 49.6 Å². The number of rotatable bonds is 10. The van der Waals surface area contributed by atoms with Gasteiger partial charge in [-0.3, -0.25) is 33.4 Å². The largest absolute Gasteiger partial charge is 0.477 e. The number of hydrogen-bond acceptors (Lipinski definition) is 14. The number of aromatic nitrogens is 4. The Morgan fingerprint density at radius 2 is 2.10 bits per heavy atom. The summed E-state index contributed by atoms with van der Waals surface area (Å²) in [7, 11) is 1.24. The summed E-state index contributed by atoms with van der Waals surface area (Å²) in [5, 5.41) is 27.1. The molecule has 0 bridgehead atoms. The minimum atomic E-state index is -1.36. The fraction of sp³-hybridized carbons (Fsp3) is 0.318. The zero-order chi connectivity index (χ0) is 30.7. The molecule has 6 N–H and O–H groups in total. The van der Waals surface area contributed by atoms with Crippen molar-refractivity contribution >= 4 is 69.4 Å². The molecular formula is C22H23N9O8S3. The van der Waals surface area contributed by atoms with Crippen LogP contribution in [-0.4, -0.2) is 83.4 Å². The van der Waals surface area contributed by atoms with E-state index in [4.69, 9.17) is 10.6 Å². The number of hydrogen-bond donors (Lipinski definition) is 5. The summed E-state index contributed by atoms with van der Waals surface area (Å²) in [6, 6.07) is -1.04. The van der Waals surface area contributed by atoms with Crippen molar-refractivity contribution in [3.8, 4) is 0 Å². The van der Waals surface area contributed by atoms with Gasteiger partial charge in [0.05, 0.1) is 0 Å². The first-order chi connectivity index (χ1) is 19.9. The number of oxime groups is 1. The summed E-state index contributed by atoms with van der Waals surface area (Å²) in [6.07, 6.45) is 0.547. The predicted molar refractivity (Wildman–Crippen MR) is 152 cm³/mol. The van der Waals surface area contributed by atoms with Crippen molar-refractivity contribution in [2.45, 2.75) is 36.6 Å². The molecule has 0 aromatic carbocycles. The highest BCUT2D eigenvalue weighted by atomic mass is 32.2. The lowest BCUT2D eigenvalue weighted by atomic mass is 10.0. The van der Waals surface area contributed by atoms with E-state index in [-0.39, 0.29) is 38.7 Å². The van der Waals surface area contributed by atoms with E-state index in [0.717, 1.165) is 32.6 Å². The highest BCUT2D eigenvalue weighted by Crippen LogP contribution is 2.41. The predicted octanol–water partition coefficient (Wildman–Crippen LogP) is -0.980. The molecular weight excluding hydrogens is 614 g/mol. The molecule has 1 fully saturated rings. The number of fused-ring (bicyclic) bond motifs is 1. The van der Waals surface area contributed by atoms with Crippen LogP contribution in [0.4, 0.5) is 5.13 Å². The number of anilines is 1. The molecule has 2 aliphatic rings. The van der Waals surface area contributed by atoms with Gasteiger partial charge in [0.15, 0.2) is 16.0 Å². The summed E-state index contributed by atoms with van der Waals surface area (Å²) < 4.78 is 0.987. The van der Waals surface area contributed by atoms with Gasteiger partial charge in [-0.25, -0.2) is 14.9 Å². The van der Waals surface area contributed by atoms with Gasteiger partial charge in [-0.2, -0.15) is 0 Å². The minimum Gasteiger partial charge on any atom is -0.477 e. The second-order valence-corrected chi connectivity index (χ2v) is 11.4. The maximum absolute atomic E-state index is 13.0. The minimum absolute atomic E-state index is 0.0223. The zero-order valence-corrected chi connectivity index (χ0v) is 24.5. The van der Waals surface area contributed by atoms with Crippen LogP contribution in [0.1, 0.15) is 25.7 Å². The normalized spacial score (nSPS) is 19.3. The molecule has 0 spiro atoms. The van der Waals surface area contributed by atoms with Gasteiger partial charge in [0, 0.05) is 18.1 Å². The van der Waals surface area contributed by atoms with Gasteiger partial charge in [-0.1, -0.05) is 16.9 Å². The Morgan fingerprint density at radius 3 is 2.71 bits per heavy atom. The third-order valence-corrected chi connectivity index (χ3v) is 8.51. The number of H-pyrrole nitrogens is 1. The van der Waals surface area contributed by atoms with Crippen LogP contribution in [0.5, 0.6) is 0 Å². The topological polar surface area (TPSA) is 244 Å². The number of allylic oxidation sites excluding steroid dienone is 1. The second kappa shape index (κ2) is 12.6. The van der Waals surface area contributed by atoms with Gasteiger partial charge >= 0.3 is 17.1 Å². The quantitative estimate of drug-likeness (QED) is 0.0692. The van der Waals surface area contributed by atoms with Crippen LogP contribution in [0.25, 0.3) is 0 Å². The molecule has 20 heteroatoms. The number of aromatic amines is 1. The van der Waals surface area contributed by atoms with Crippen molar-refractivity contribution in [3.63, 3.8) is 0 Å². The Hall–Kier alpha value is -4.43. The highest BCUT2D eigenvalue weighted by Gasteiger charge is 2.54. The van der Waals surface area contributed by atoms with Crippen LogP contribution >= 0.6 is 34.9 Å². The van der Waals surface area contributed by atoms with Crippen molar-refractivity contribution in [1.82, 2.24) is 35.3 Å². The number of amides is 3. The highest BCUT2D eigenvalue weighted by molar-refractivity contribution is 8.02. The van der Waals surface area contributed by atoms with Crippen LogP contribution in [0.15, 0.2) is 48.0 Å². The lowest BCUT2D eigenvalue weighted by molar-refractivity contribution is -0.150. The Bertz CT molecular complexity index is 1660. The molecule has 222 valence electrons. The molecule has 3 amide bonds. The first-order valence-electron chi connectivity index (χ1n) is 11.8. The van der Waals surface area contributed by atoms with E-state index in [1.54, 1.807) is 0 Å². The third-order valence-electron chi connectivity index (χ3n) is 5.76. The lowest BCUT2D eigenvalue weighted by Crippen LogP contribution is -2.71. The summed E-state index contributed by atoms with van der Waals surface area (Å²) in [4.78, 5) is 83.6. The number of carboxylic acids is 1. The number of nitrogen functional groups attached to an aromatic ring is 1. The fourth-order valence-corrected chi connectivity index (χ4v) is 6.70. The second-order valence-electron chi connectivity index (χ2n) is 8.54. The van der Waals surface area contributed by atoms with E-state index in [1.807, 2.05) is 0 Å². The molecule has 17 nitrogen and oxygen atoms in total. The molecule has 0 radical (unpaired) electrons. The number of carbonyl (C=O) groups is 4. The van der Waals surface area contributed by atoms with Crippen molar-refractivity contribution in [1.29, 1.82) is 0 Å². The number of carbonyl (C=O) groups excluding carboxylic acids is 3. The fourth-order valence-electron chi connectivity index (χ4n) is 4.03. The monoisotopic (exact) mass is 637 g/mol. The number of thiazole rings is 1. The van der Waals surface area contributed by atoms with Gasteiger partial charge in [0.2, 0.25) is 5.91 Å². The Kier molecular flexibility index (Phi) is 9.17. The van der Waals surface area contributed by atoms with Crippen molar-refractivity contribution in [3.05, 3.63) is 54.5 Å². The first-order valence-corrected chi connectivity index (χ1v) is 14.6. The Labute approximate surface area is 248 Å². The van der Waals surface area contributed by atoms with Crippen LogP contribution < -0.4 is 27.5 Å². The summed E-state index contributed by atoms with van der Waals surface area (Å²) in [6.45, 7) is 2.74. The molecule has 2 aliphatic heterocycles. The first kappa shape index (κ1) is 30.5. The molecule has 3 atom stereocenters. The number of nitrogens with zero attached hydrogens (tertiary/aromatic N) is 5. The average molecular weight is 638 g/mol. The van der Waals surface area contributed by atoms with Gasteiger partial charge < -0.3 is 26.3 Å². The van der Waals surface area contributed by atoms with Gasteiger partial charge in [-0.15, -0.1) is 28.2 Å². The van der Waals surface area contributed by atoms with E-state index in [0.29, 0.717) is 0 Å². The van der Waals surface area contributed by atoms with Crippen LogP contribution in [-0.2, 0) is 24.0 Å². The molecule has 2 aromatic heterocycles. The van der Waals surface area contributed by atoms with E-state index in [9.17, 15) is 33.9 Å².